The molecule has 0 saturated carbocycles. The Kier molecular flexibility index (Phi) is 4.45. The Morgan fingerprint density at radius 1 is 0.857 bits per heavy atom. The van der Waals surface area contributed by atoms with Gasteiger partial charge in [-0.2, -0.15) is 0 Å². The fraction of sp³-hybridized carbons (Fsp3) is 0.0455. The van der Waals surface area contributed by atoms with Gasteiger partial charge in [-0.05, 0) is 48.0 Å². The van der Waals surface area contributed by atoms with Crippen molar-refractivity contribution in [3.05, 3.63) is 101 Å². The van der Waals surface area contributed by atoms with Crippen molar-refractivity contribution in [3.8, 4) is 0 Å². The first-order valence-electron chi connectivity index (χ1n) is 8.64. The highest BCUT2D eigenvalue weighted by Gasteiger charge is 2.35. The van der Waals surface area contributed by atoms with E-state index in [9.17, 15) is 18.8 Å². The van der Waals surface area contributed by atoms with Crippen LogP contribution in [0.15, 0.2) is 72.8 Å². The molecule has 0 saturated heterocycles. The molecule has 1 N–H and O–H groups in total. The fourth-order valence-electron chi connectivity index (χ4n) is 3.08. The Bertz CT molecular complexity index is 1080. The van der Waals surface area contributed by atoms with Gasteiger partial charge in [-0.25, -0.2) is 4.39 Å². The fourth-order valence-corrected chi connectivity index (χ4v) is 3.08. The molecule has 1 heterocycles. The summed E-state index contributed by atoms with van der Waals surface area (Å²) in [7, 11) is 0. The number of benzene rings is 3. The highest BCUT2D eigenvalue weighted by molar-refractivity contribution is 6.22. The Labute approximate surface area is 160 Å². The van der Waals surface area contributed by atoms with Gasteiger partial charge in [-0.15, -0.1) is 0 Å². The summed E-state index contributed by atoms with van der Waals surface area (Å²) in [6.07, 6.45) is 0. The van der Waals surface area contributed by atoms with Crippen molar-refractivity contribution >= 4 is 23.4 Å². The average molecular weight is 374 g/mol. The zero-order valence-corrected chi connectivity index (χ0v) is 14.7. The molecule has 0 fully saturated rings. The molecule has 0 bridgehead atoms. The first kappa shape index (κ1) is 17.6. The van der Waals surface area contributed by atoms with Crippen molar-refractivity contribution in [2.45, 2.75) is 6.54 Å². The van der Waals surface area contributed by atoms with E-state index in [2.05, 4.69) is 5.32 Å². The third-order valence-corrected chi connectivity index (χ3v) is 4.52. The van der Waals surface area contributed by atoms with E-state index in [1.54, 1.807) is 0 Å². The standard InChI is InChI=1S/C22H15FN2O3/c23-16-7-9-17(10-8-16)24-20(26)15-6-11-18-19(12-15)22(28)25(21(18)27)13-14-4-2-1-3-5-14/h1-12H,13H2,(H,24,26). The lowest BCUT2D eigenvalue weighted by Crippen LogP contribution is -2.29. The van der Waals surface area contributed by atoms with Crippen molar-refractivity contribution in [2.75, 3.05) is 5.32 Å². The molecule has 1 aliphatic heterocycles. The second-order valence-electron chi connectivity index (χ2n) is 6.40. The molecule has 0 atom stereocenters. The number of imide groups is 1. The van der Waals surface area contributed by atoms with Crippen LogP contribution in [0, 0.1) is 5.82 Å². The smallest absolute Gasteiger partial charge is 0.261 e. The lowest BCUT2D eigenvalue weighted by Gasteiger charge is -2.13. The van der Waals surface area contributed by atoms with Gasteiger partial charge in [0.25, 0.3) is 17.7 Å². The molecule has 4 rings (SSSR count). The topological polar surface area (TPSA) is 66.5 Å². The predicted octanol–water partition coefficient (Wildman–Crippen LogP) is 3.87. The van der Waals surface area contributed by atoms with Crippen molar-refractivity contribution < 1.29 is 18.8 Å². The number of hydrogen-bond acceptors (Lipinski definition) is 3. The molecular weight excluding hydrogens is 359 g/mol. The van der Waals surface area contributed by atoms with E-state index in [1.807, 2.05) is 30.3 Å². The summed E-state index contributed by atoms with van der Waals surface area (Å²) < 4.78 is 13.0. The average Bonchev–Trinajstić information content (AvgIpc) is 2.95. The van der Waals surface area contributed by atoms with Crippen LogP contribution in [0.5, 0.6) is 0 Å². The minimum absolute atomic E-state index is 0.171. The van der Waals surface area contributed by atoms with Gasteiger partial charge in [0, 0.05) is 11.3 Å². The summed E-state index contributed by atoms with van der Waals surface area (Å²) in [5, 5.41) is 2.64. The summed E-state index contributed by atoms with van der Waals surface area (Å²) in [5.74, 6) is -1.66. The number of nitrogens with zero attached hydrogens (tertiary/aromatic N) is 1. The minimum atomic E-state index is -0.448. The van der Waals surface area contributed by atoms with E-state index >= 15 is 0 Å². The molecule has 3 aromatic carbocycles. The Balaban J connectivity index is 1.56. The number of rotatable bonds is 4. The SMILES string of the molecule is O=C(Nc1ccc(F)cc1)c1ccc2c(c1)C(=O)N(Cc1ccccc1)C2=O. The van der Waals surface area contributed by atoms with E-state index in [0.29, 0.717) is 5.69 Å². The lowest BCUT2D eigenvalue weighted by atomic mass is 10.1. The normalized spacial score (nSPS) is 12.8. The van der Waals surface area contributed by atoms with Crippen LogP contribution in [0.3, 0.4) is 0 Å². The molecule has 0 radical (unpaired) electrons. The highest BCUT2D eigenvalue weighted by Crippen LogP contribution is 2.26. The molecule has 3 aromatic rings. The van der Waals surface area contributed by atoms with Crippen LogP contribution in [0.1, 0.15) is 36.6 Å². The van der Waals surface area contributed by atoms with Crippen LogP contribution in [0.25, 0.3) is 0 Å². The van der Waals surface area contributed by atoms with Gasteiger partial charge in [0.2, 0.25) is 0 Å². The Hall–Kier alpha value is -3.80. The Morgan fingerprint density at radius 3 is 2.25 bits per heavy atom. The number of hydrogen-bond donors (Lipinski definition) is 1. The van der Waals surface area contributed by atoms with Crippen molar-refractivity contribution in [2.24, 2.45) is 0 Å². The summed E-state index contributed by atoms with van der Waals surface area (Å²) >= 11 is 0. The Morgan fingerprint density at radius 2 is 1.54 bits per heavy atom. The van der Waals surface area contributed by atoms with Gasteiger partial charge in [-0.1, -0.05) is 30.3 Å². The maximum atomic E-state index is 13.0. The number of amides is 3. The third-order valence-electron chi connectivity index (χ3n) is 4.52. The van der Waals surface area contributed by atoms with E-state index < -0.39 is 17.6 Å². The van der Waals surface area contributed by atoms with Gasteiger partial charge in [0.1, 0.15) is 5.82 Å². The number of carbonyl (C=O) groups is 3. The number of carbonyl (C=O) groups excluding carboxylic acids is 3. The molecule has 3 amide bonds. The van der Waals surface area contributed by atoms with E-state index in [0.717, 1.165) is 5.56 Å². The molecule has 0 aromatic heterocycles. The number of anilines is 1. The first-order valence-corrected chi connectivity index (χ1v) is 8.64. The zero-order valence-electron chi connectivity index (χ0n) is 14.7. The monoisotopic (exact) mass is 374 g/mol. The second kappa shape index (κ2) is 7.08. The quantitative estimate of drug-likeness (QED) is 0.705. The molecule has 0 spiro atoms. The van der Waals surface area contributed by atoms with Crippen LogP contribution in [-0.2, 0) is 6.54 Å². The molecule has 138 valence electrons. The molecule has 5 nitrogen and oxygen atoms in total. The van der Waals surface area contributed by atoms with E-state index in [-0.39, 0.29) is 29.1 Å². The maximum Gasteiger partial charge on any atom is 0.261 e. The summed E-state index contributed by atoms with van der Waals surface area (Å²) in [4.78, 5) is 38.9. The number of fused-ring (bicyclic) bond motifs is 1. The van der Waals surface area contributed by atoms with Crippen LogP contribution < -0.4 is 5.32 Å². The van der Waals surface area contributed by atoms with E-state index in [1.165, 1.54) is 47.4 Å². The first-order chi connectivity index (χ1) is 13.5. The van der Waals surface area contributed by atoms with Gasteiger partial charge < -0.3 is 5.32 Å². The summed E-state index contributed by atoms with van der Waals surface area (Å²) in [6.45, 7) is 0.171. The molecule has 0 aliphatic carbocycles. The maximum absolute atomic E-state index is 13.0. The number of nitrogens with one attached hydrogen (secondary N) is 1. The molecule has 0 unspecified atom stereocenters. The summed E-state index contributed by atoms with van der Waals surface area (Å²) in [6, 6.07) is 19.0. The molecule has 1 aliphatic rings. The minimum Gasteiger partial charge on any atom is -0.322 e. The summed E-state index contributed by atoms with van der Waals surface area (Å²) in [5.41, 5.74) is 1.99. The van der Waals surface area contributed by atoms with Crippen molar-refractivity contribution in [1.82, 2.24) is 4.90 Å². The van der Waals surface area contributed by atoms with E-state index in [4.69, 9.17) is 0 Å². The van der Waals surface area contributed by atoms with Crippen LogP contribution >= 0.6 is 0 Å². The molecule has 28 heavy (non-hydrogen) atoms. The molecular formula is C22H15FN2O3. The largest absolute Gasteiger partial charge is 0.322 e. The van der Waals surface area contributed by atoms with Crippen LogP contribution in [0.2, 0.25) is 0 Å². The predicted molar refractivity (Wildman–Crippen MR) is 101 cm³/mol. The van der Waals surface area contributed by atoms with Crippen molar-refractivity contribution in [1.29, 1.82) is 0 Å². The zero-order chi connectivity index (χ0) is 19.7. The van der Waals surface area contributed by atoms with Gasteiger partial charge in [0.15, 0.2) is 0 Å². The van der Waals surface area contributed by atoms with Gasteiger partial charge in [0.05, 0.1) is 17.7 Å². The van der Waals surface area contributed by atoms with Crippen molar-refractivity contribution in [3.63, 3.8) is 0 Å². The highest BCUT2D eigenvalue weighted by atomic mass is 19.1. The molecule has 6 heteroatoms. The second-order valence-corrected chi connectivity index (χ2v) is 6.40. The third kappa shape index (κ3) is 3.27. The van der Waals surface area contributed by atoms with Crippen LogP contribution in [0.4, 0.5) is 10.1 Å². The lowest BCUT2D eigenvalue weighted by molar-refractivity contribution is 0.0642. The number of halogens is 1. The van der Waals surface area contributed by atoms with Gasteiger partial charge >= 0.3 is 0 Å². The van der Waals surface area contributed by atoms with Crippen LogP contribution in [-0.4, -0.2) is 22.6 Å². The van der Waals surface area contributed by atoms with Gasteiger partial charge in [-0.3, -0.25) is 19.3 Å².